The molecule has 4 aromatic rings. The summed E-state index contributed by atoms with van der Waals surface area (Å²) < 4.78 is 1.89. The van der Waals surface area contributed by atoms with Crippen LogP contribution in [0.25, 0.3) is 10.8 Å². The Morgan fingerprint density at radius 2 is 1.42 bits per heavy atom. The number of aromatic nitrogens is 1. The second-order valence-electron chi connectivity index (χ2n) is 5.73. The van der Waals surface area contributed by atoms with Gasteiger partial charge in [0.1, 0.15) is 0 Å². The summed E-state index contributed by atoms with van der Waals surface area (Å²) in [6.07, 6.45) is 2.00. The molecule has 2 nitrogen and oxygen atoms in total. The van der Waals surface area contributed by atoms with Gasteiger partial charge in [0.25, 0.3) is 0 Å². The minimum atomic E-state index is 0.327. The smallest absolute Gasteiger partial charge is 0.199 e. The van der Waals surface area contributed by atoms with Crippen molar-refractivity contribution in [3.63, 3.8) is 0 Å². The fraction of sp³-hybridized carbons (Fsp3) is 0.0476. The Morgan fingerprint density at radius 3 is 2.17 bits per heavy atom. The number of hydrogen-bond acceptors (Lipinski definition) is 2. The lowest BCUT2D eigenvalue weighted by Crippen LogP contribution is -1.96. The first kappa shape index (κ1) is 14.9. The van der Waals surface area contributed by atoms with E-state index in [-0.39, 0.29) is 0 Å². The zero-order chi connectivity index (χ0) is 16.4. The van der Waals surface area contributed by atoms with Crippen LogP contribution in [0.5, 0.6) is 5.88 Å². The normalized spacial score (nSPS) is 11.0. The standard InChI is InChI=1S/C21H17NOS/c23-21-20-9-5-4-6-17(20)15-22(21)14-16-10-12-19(13-11-16)24-18-7-2-1-3-8-18/h1-13,15,23H,14H2. The Hall–Kier alpha value is -2.65. The van der Waals surface area contributed by atoms with E-state index < -0.39 is 0 Å². The molecule has 24 heavy (non-hydrogen) atoms. The van der Waals surface area contributed by atoms with Gasteiger partial charge in [0.05, 0.1) is 6.54 Å². The topological polar surface area (TPSA) is 25.2 Å². The molecule has 118 valence electrons. The molecule has 4 rings (SSSR count). The zero-order valence-corrected chi connectivity index (χ0v) is 13.9. The maximum Gasteiger partial charge on any atom is 0.199 e. The lowest BCUT2D eigenvalue weighted by molar-refractivity contribution is 0.430. The molecule has 1 aromatic heterocycles. The third-order valence-corrected chi connectivity index (χ3v) is 5.04. The number of rotatable bonds is 4. The van der Waals surface area contributed by atoms with E-state index in [1.54, 1.807) is 11.8 Å². The largest absolute Gasteiger partial charge is 0.494 e. The quantitative estimate of drug-likeness (QED) is 0.530. The lowest BCUT2D eigenvalue weighted by atomic mass is 10.2. The number of benzene rings is 3. The van der Waals surface area contributed by atoms with E-state index in [0.29, 0.717) is 12.4 Å². The van der Waals surface area contributed by atoms with E-state index >= 15 is 0 Å². The van der Waals surface area contributed by atoms with Gasteiger partial charge in [-0.05, 0) is 35.9 Å². The van der Waals surface area contributed by atoms with Crippen molar-refractivity contribution in [2.75, 3.05) is 0 Å². The van der Waals surface area contributed by atoms with Gasteiger partial charge in [0, 0.05) is 26.8 Å². The second-order valence-corrected chi connectivity index (χ2v) is 6.87. The number of nitrogens with zero attached hydrogens (tertiary/aromatic N) is 1. The van der Waals surface area contributed by atoms with Crippen molar-refractivity contribution in [2.24, 2.45) is 0 Å². The Labute approximate surface area is 145 Å². The zero-order valence-electron chi connectivity index (χ0n) is 13.1. The molecule has 0 atom stereocenters. The van der Waals surface area contributed by atoms with Crippen molar-refractivity contribution in [3.05, 3.63) is 90.6 Å². The molecule has 1 heterocycles. The van der Waals surface area contributed by atoms with Crippen LogP contribution in [0.4, 0.5) is 0 Å². The Morgan fingerprint density at radius 1 is 0.750 bits per heavy atom. The summed E-state index contributed by atoms with van der Waals surface area (Å²) in [5.74, 6) is 0.327. The molecule has 0 bridgehead atoms. The molecule has 0 unspecified atom stereocenters. The van der Waals surface area contributed by atoms with Gasteiger partial charge in [-0.25, -0.2) is 0 Å². The van der Waals surface area contributed by atoms with Crippen LogP contribution in [0.3, 0.4) is 0 Å². The summed E-state index contributed by atoms with van der Waals surface area (Å²) in [6.45, 7) is 0.663. The summed E-state index contributed by atoms with van der Waals surface area (Å²) in [6, 6.07) is 26.8. The van der Waals surface area contributed by atoms with Crippen molar-refractivity contribution in [1.82, 2.24) is 4.57 Å². The van der Waals surface area contributed by atoms with Crippen LogP contribution in [0, 0.1) is 0 Å². The SMILES string of the molecule is Oc1c2ccccc2cn1Cc1ccc(Sc2ccccc2)cc1. The van der Waals surface area contributed by atoms with Gasteiger partial charge >= 0.3 is 0 Å². The van der Waals surface area contributed by atoms with Gasteiger partial charge in [0.15, 0.2) is 5.88 Å². The van der Waals surface area contributed by atoms with Crippen LogP contribution >= 0.6 is 11.8 Å². The van der Waals surface area contributed by atoms with Gasteiger partial charge in [-0.2, -0.15) is 0 Å². The molecular formula is C21H17NOS. The van der Waals surface area contributed by atoms with Crippen LogP contribution in [-0.2, 0) is 6.54 Å². The van der Waals surface area contributed by atoms with Gasteiger partial charge in [-0.1, -0.05) is 60.3 Å². The molecule has 0 saturated carbocycles. The van der Waals surface area contributed by atoms with Crippen molar-refractivity contribution < 1.29 is 5.11 Å². The molecule has 1 N–H and O–H groups in total. The predicted octanol–water partition coefficient (Wildman–Crippen LogP) is 5.55. The molecule has 0 aliphatic rings. The molecule has 0 amide bonds. The summed E-state index contributed by atoms with van der Waals surface area (Å²) in [5.41, 5.74) is 1.17. The average Bonchev–Trinajstić information content (AvgIpc) is 2.94. The van der Waals surface area contributed by atoms with Crippen LogP contribution in [0.2, 0.25) is 0 Å². The molecule has 3 aromatic carbocycles. The first-order valence-corrected chi connectivity index (χ1v) is 8.70. The third-order valence-electron chi connectivity index (χ3n) is 4.02. The first-order valence-electron chi connectivity index (χ1n) is 7.88. The molecule has 0 spiro atoms. The van der Waals surface area contributed by atoms with Gasteiger partial charge < -0.3 is 9.67 Å². The van der Waals surface area contributed by atoms with Crippen molar-refractivity contribution in [1.29, 1.82) is 0 Å². The van der Waals surface area contributed by atoms with Crippen LogP contribution < -0.4 is 0 Å². The third kappa shape index (κ3) is 3.03. The van der Waals surface area contributed by atoms with Gasteiger partial charge in [0.2, 0.25) is 0 Å². The Bertz CT molecular complexity index is 958. The minimum Gasteiger partial charge on any atom is -0.494 e. The van der Waals surface area contributed by atoms with E-state index in [1.807, 2.05) is 41.1 Å². The van der Waals surface area contributed by atoms with E-state index in [4.69, 9.17) is 0 Å². The molecule has 0 aliphatic carbocycles. The Kier molecular flexibility index (Phi) is 4.01. The van der Waals surface area contributed by atoms with Gasteiger partial charge in [-0.15, -0.1) is 0 Å². The Balaban J connectivity index is 1.53. The highest BCUT2D eigenvalue weighted by atomic mass is 32.2. The predicted molar refractivity (Wildman–Crippen MR) is 99.7 cm³/mol. The minimum absolute atomic E-state index is 0.327. The van der Waals surface area contributed by atoms with E-state index in [9.17, 15) is 5.11 Å². The molecule has 0 radical (unpaired) electrons. The number of aromatic hydroxyl groups is 1. The molecule has 0 aliphatic heterocycles. The first-order chi connectivity index (χ1) is 11.8. The van der Waals surface area contributed by atoms with Crippen LogP contribution in [-0.4, -0.2) is 9.67 Å². The van der Waals surface area contributed by atoms with Crippen molar-refractivity contribution >= 4 is 22.5 Å². The summed E-state index contributed by atoms with van der Waals surface area (Å²) in [4.78, 5) is 2.45. The molecule has 0 fully saturated rings. The molecule has 3 heteroatoms. The van der Waals surface area contributed by atoms with E-state index in [1.165, 1.54) is 15.4 Å². The lowest BCUT2D eigenvalue weighted by Gasteiger charge is -2.07. The number of hydrogen-bond donors (Lipinski definition) is 1. The van der Waals surface area contributed by atoms with E-state index in [2.05, 4.69) is 48.5 Å². The summed E-state index contributed by atoms with van der Waals surface area (Å²) in [5, 5.41) is 12.3. The molecular weight excluding hydrogens is 314 g/mol. The summed E-state index contributed by atoms with van der Waals surface area (Å²) >= 11 is 1.75. The van der Waals surface area contributed by atoms with Crippen molar-refractivity contribution in [2.45, 2.75) is 16.3 Å². The van der Waals surface area contributed by atoms with Crippen LogP contribution in [0.15, 0.2) is 94.9 Å². The maximum atomic E-state index is 10.4. The summed E-state index contributed by atoms with van der Waals surface area (Å²) in [7, 11) is 0. The van der Waals surface area contributed by atoms with Crippen LogP contribution in [0.1, 0.15) is 5.56 Å². The fourth-order valence-electron chi connectivity index (χ4n) is 2.80. The van der Waals surface area contributed by atoms with Gasteiger partial charge in [-0.3, -0.25) is 0 Å². The monoisotopic (exact) mass is 331 g/mol. The maximum absolute atomic E-state index is 10.4. The van der Waals surface area contributed by atoms with Crippen molar-refractivity contribution in [3.8, 4) is 5.88 Å². The molecule has 0 saturated heterocycles. The average molecular weight is 331 g/mol. The van der Waals surface area contributed by atoms with E-state index in [0.717, 1.165) is 10.8 Å². The fourth-order valence-corrected chi connectivity index (χ4v) is 3.64. The highest BCUT2D eigenvalue weighted by Crippen LogP contribution is 2.29. The highest BCUT2D eigenvalue weighted by Gasteiger charge is 2.07. The second kappa shape index (κ2) is 6.46. The number of fused-ring (bicyclic) bond motifs is 1. The highest BCUT2D eigenvalue weighted by molar-refractivity contribution is 7.99.